The van der Waals surface area contributed by atoms with E-state index in [0.29, 0.717) is 11.3 Å². The quantitative estimate of drug-likeness (QED) is 0.349. The molecule has 0 unspecified atom stereocenters. The highest BCUT2D eigenvalue weighted by Gasteiger charge is 2.67. The predicted octanol–water partition coefficient (Wildman–Crippen LogP) is 0.462. The Balaban J connectivity index is 2.06. The van der Waals surface area contributed by atoms with Crippen molar-refractivity contribution in [2.75, 3.05) is 46.7 Å². The second-order valence-electron chi connectivity index (χ2n) is 10.0. The Hall–Kier alpha value is -3.41. The Morgan fingerprint density at radius 2 is 1.81 bits per heavy atom. The summed E-state index contributed by atoms with van der Waals surface area (Å²) in [5.74, 6) is -6.73. The lowest BCUT2D eigenvalue weighted by molar-refractivity contribution is -0.168. The summed E-state index contributed by atoms with van der Waals surface area (Å²) in [6.07, 6.45) is -0.860. The van der Waals surface area contributed by atoms with Crippen molar-refractivity contribution >= 4 is 23.2 Å². The number of nitrogens with one attached hydrogen (secondary N) is 1. The number of anilines is 1. The van der Waals surface area contributed by atoms with E-state index in [1.54, 1.807) is 46.1 Å². The highest BCUT2D eigenvalue weighted by molar-refractivity contribution is 6.25. The van der Waals surface area contributed by atoms with E-state index < -0.39 is 64.1 Å². The van der Waals surface area contributed by atoms with Gasteiger partial charge >= 0.3 is 0 Å². The van der Waals surface area contributed by atoms with Crippen molar-refractivity contribution in [3.05, 3.63) is 45.9 Å². The van der Waals surface area contributed by atoms with Crippen molar-refractivity contribution in [1.82, 2.24) is 10.2 Å². The Kier molecular flexibility index (Phi) is 6.60. The predicted molar refractivity (Wildman–Crippen MR) is 134 cm³/mol. The molecule has 37 heavy (non-hydrogen) atoms. The Morgan fingerprint density at radius 3 is 2.35 bits per heavy atom. The summed E-state index contributed by atoms with van der Waals surface area (Å²) < 4.78 is 6.08. The molecule has 3 aliphatic carbocycles. The lowest BCUT2D eigenvalue weighted by atomic mass is 9.57. The molecule has 1 amide bonds. The van der Waals surface area contributed by atoms with Gasteiger partial charge in [0.2, 0.25) is 5.78 Å². The largest absolute Gasteiger partial charge is 0.510 e. The molecule has 0 radical (unpaired) electrons. The molecule has 5 atom stereocenters. The minimum atomic E-state index is -2.74. The van der Waals surface area contributed by atoms with E-state index in [2.05, 4.69) is 5.32 Å². The third-order valence-electron chi connectivity index (χ3n) is 7.68. The highest BCUT2D eigenvalue weighted by Crippen LogP contribution is 2.54. The molecule has 0 saturated heterocycles. The normalized spacial score (nSPS) is 29.2. The molecule has 11 heteroatoms. The number of phenolic OH excluding ortho intramolecular Hbond substituents is 1. The zero-order chi connectivity index (χ0) is 27.6. The van der Waals surface area contributed by atoms with Crippen molar-refractivity contribution < 1.29 is 39.5 Å². The van der Waals surface area contributed by atoms with Crippen LogP contribution in [0, 0.1) is 11.8 Å². The fourth-order valence-electron chi connectivity index (χ4n) is 6.16. The number of nitrogens with zero attached hydrogens (tertiary/aromatic N) is 2. The van der Waals surface area contributed by atoms with E-state index in [1.807, 2.05) is 0 Å². The van der Waals surface area contributed by atoms with Gasteiger partial charge in [0.15, 0.2) is 11.4 Å². The molecular formula is C26H33N3O8. The first-order valence-electron chi connectivity index (χ1n) is 12.0. The second kappa shape index (κ2) is 9.16. The van der Waals surface area contributed by atoms with Gasteiger partial charge in [0, 0.05) is 44.9 Å². The van der Waals surface area contributed by atoms with Crippen LogP contribution < -0.4 is 10.2 Å². The van der Waals surface area contributed by atoms with E-state index in [0.717, 1.165) is 0 Å². The Morgan fingerprint density at radius 1 is 1.16 bits per heavy atom. The summed E-state index contributed by atoms with van der Waals surface area (Å²) in [6, 6.07) is 1.95. The minimum absolute atomic E-state index is 0.0290. The fourth-order valence-corrected chi connectivity index (χ4v) is 6.16. The van der Waals surface area contributed by atoms with E-state index >= 15 is 0 Å². The molecular weight excluding hydrogens is 482 g/mol. The van der Waals surface area contributed by atoms with Crippen LogP contribution in [0.4, 0.5) is 5.69 Å². The number of Topliss-reactive ketones (excluding diaryl/α,β-unsaturated/α-hetero) is 2. The summed E-state index contributed by atoms with van der Waals surface area (Å²) >= 11 is 0. The number of likely N-dealkylation sites (N-methyl/N-ethyl adjacent to an activating group) is 2. The van der Waals surface area contributed by atoms with Gasteiger partial charge in [0.25, 0.3) is 5.91 Å². The Bertz CT molecular complexity index is 1250. The average molecular weight is 516 g/mol. The van der Waals surface area contributed by atoms with Crippen molar-refractivity contribution in [2.45, 2.75) is 31.1 Å². The molecule has 0 saturated carbocycles. The summed E-state index contributed by atoms with van der Waals surface area (Å²) in [4.78, 5) is 43.5. The number of ether oxygens (including phenoxy) is 1. The van der Waals surface area contributed by atoms with Gasteiger partial charge < -0.3 is 35.4 Å². The standard InChI is InChI=1S/C26H33N3O8/c1-7-37-22-12-10-11-13(28(3)4)8-9-14(30)15(11)20(31)16(12)23(33)26(36)18(22)19(29(5)6)21(32)17(24(26)34)25(35)27-2/h8-9,12,18-19,22,30,32-33,36H,7,10H2,1-6H3,(H,27,35)/t12-,18-,19+,22+,26+/m1/s1. The van der Waals surface area contributed by atoms with E-state index in [-0.39, 0.29) is 29.9 Å². The molecule has 1 aromatic rings. The molecule has 0 fully saturated rings. The van der Waals surface area contributed by atoms with Gasteiger partial charge in [-0.05, 0) is 45.1 Å². The van der Waals surface area contributed by atoms with Crippen LogP contribution in [-0.4, -0.2) is 102 Å². The van der Waals surface area contributed by atoms with Crippen LogP contribution in [0.15, 0.2) is 34.8 Å². The minimum Gasteiger partial charge on any atom is -0.510 e. The molecule has 200 valence electrons. The number of phenols is 1. The van der Waals surface area contributed by atoms with Gasteiger partial charge in [0.1, 0.15) is 22.8 Å². The third kappa shape index (κ3) is 3.56. The van der Waals surface area contributed by atoms with E-state index in [4.69, 9.17) is 4.74 Å². The number of carbonyl (C=O) groups is 3. The number of amides is 1. The summed E-state index contributed by atoms with van der Waals surface area (Å²) in [5, 5.41) is 47.5. The van der Waals surface area contributed by atoms with Gasteiger partial charge in [-0.15, -0.1) is 0 Å². The first kappa shape index (κ1) is 26.6. The number of aromatic hydroxyl groups is 1. The maximum absolute atomic E-state index is 13.9. The van der Waals surface area contributed by atoms with Crippen molar-refractivity contribution in [1.29, 1.82) is 0 Å². The van der Waals surface area contributed by atoms with Crippen molar-refractivity contribution in [2.24, 2.45) is 11.8 Å². The zero-order valence-electron chi connectivity index (χ0n) is 21.7. The maximum Gasteiger partial charge on any atom is 0.258 e. The molecule has 0 spiro atoms. The van der Waals surface area contributed by atoms with Crippen LogP contribution in [0.25, 0.3) is 0 Å². The second-order valence-corrected chi connectivity index (χ2v) is 10.0. The Labute approximate surface area is 214 Å². The first-order valence-corrected chi connectivity index (χ1v) is 12.0. The molecule has 1 aromatic carbocycles. The summed E-state index contributed by atoms with van der Waals surface area (Å²) in [5.41, 5.74) is -2.50. The number of hydrogen-bond donors (Lipinski definition) is 5. The van der Waals surface area contributed by atoms with Crippen LogP contribution in [0.3, 0.4) is 0 Å². The average Bonchev–Trinajstić information content (AvgIpc) is 2.83. The van der Waals surface area contributed by atoms with Gasteiger partial charge in [-0.3, -0.25) is 19.3 Å². The lowest BCUT2D eigenvalue weighted by Crippen LogP contribution is -2.68. The van der Waals surface area contributed by atoms with Gasteiger partial charge in [0.05, 0.1) is 23.6 Å². The number of benzene rings is 1. The lowest BCUT2D eigenvalue weighted by Gasteiger charge is -2.53. The van der Waals surface area contributed by atoms with Crippen LogP contribution >= 0.6 is 0 Å². The monoisotopic (exact) mass is 515 g/mol. The number of aliphatic hydroxyl groups excluding tert-OH is 2. The molecule has 3 aliphatic rings. The van der Waals surface area contributed by atoms with E-state index in [1.165, 1.54) is 18.0 Å². The zero-order valence-corrected chi connectivity index (χ0v) is 21.7. The number of carbonyl (C=O) groups excluding carboxylic acids is 3. The van der Waals surface area contributed by atoms with Crippen molar-refractivity contribution in [3.63, 3.8) is 0 Å². The summed E-state index contributed by atoms with van der Waals surface area (Å²) in [7, 11) is 8.06. The van der Waals surface area contributed by atoms with E-state index in [9.17, 15) is 34.8 Å². The molecule has 5 N–H and O–H groups in total. The molecule has 0 bridgehead atoms. The summed E-state index contributed by atoms with van der Waals surface area (Å²) in [6.45, 7) is 1.86. The first-order chi connectivity index (χ1) is 17.3. The van der Waals surface area contributed by atoms with Crippen molar-refractivity contribution in [3.8, 4) is 5.75 Å². The number of fused-ring (bicyclic) bond motifs is 3. The molecule has 4 rings (SSSR count). The number of aliphatic hydroxyl groups is 3. The van der Waals surface area contributed by atoms with Crippen LogP contribution in [0.2, 0.25) is 0 Å². The molecule has 11 nitrogen and oxygen atoms in total. The third-order valence-corrected chi connectivity index (χ3v) is 7.68. The smallest absolute Gasteiger partial charge is 0.258 e. The number of hydrogen-bond acceptors (Lipinski definition) is 10. The molecule has 0 aliphatic heterocycles. The van der Waals surface area contributed by atoms with Crippen LogP contribution in [0.1, 0.15) is 22.8 Å². The van der Waals surface area contributed by atoms with Gasteiger partial charge in [-0.1, -0.05) is 0 Å². The van der Waals surface area contributed by atoms with Crippen LogP contribution in [-0.2, 0) is 20.7 Å². The number of rotatable bonds is 5. The van der Waals surface area contributed by atoms with Gasteiger partial charge in [-0.2, -0.15) is 0 Å². The fraction of sp³-hybridized carbons (Fsp3) is 0.500. The maximum atomic E-state index is 13.9. The SMILES string of the molecule is CCO[C@@H]1[C@H]2[C@H](N(C)C)C(O)=C(C(=O)NC)C(=O)[C@@]2(O)C(O)=C2C(=O)c3c(O)ccc(N(C)C)c3C[C@H]21. The van der Waals surface area contributed by atoms with Gasteiger partial charge in [-0.25, -0.2) is 0 Å². The topological polar surface area (TPSA) is 160 Å². The number of ketones is 2. The molecule has 0 aromatic heterocycles. The highest BCUT2D eigenvalue weighted by atomic mass is 16.5. The molecule has 0 heterocycles. The van der Waals surface area contributed by atoms with Crippen LogP contribution in [0.5, 0.6) is 5.75 Å².